The quantitative estimate of drug-likeness (QED) is 0.809. The normalized spacial score (nSPS) is 24.2. The molecule has 1 aromatic heterocycles. The summed E-state index contributed by atoms with van der Waals surface area (Å²) in [5.74, 6) is -0.520. The van der Waals surface area contributed by atoms with Crippen LogP contribution < -0.4 is 5.32 Å². The third-order valence-corrected chi connectivity index (χ3v) is 3.74. The van der Waals surface area contributed by atoms with Gasteiger partial charge in [0, 0.05) is 26.2 Å². The molecule has 1 aromatic rings. The van der Waals surface area contributed by atoms with Gasteiger partial charge in [0.05, 0.1) is 15.6 Å². The van der Waals surface area contributed by atoms with E-state index in [0.29, 0.717) is 21.3 Å². The predicted molar refractivity (Wildman–Crippen MR) is 68.2 cm³/mol. The maximum absolute atomic E-state index is 12.1. The van der Waals surface area contributed by atoms with Gasteiger partial charge in [0.2, 0.25) is 5.54 Å². The smallest absolute Gasteiger partial charge is 0.379 e. The molecular formula is C11H10Cl3N2O2+. The van der Waals surface area contributed by atoms with Crippen molar-refractivity contribution in [2.75, 3.05) is 0 Å². The number of cyclic esters (lactones) is 1. The highest BCUT2D eigenvalue weighted by molar-refractivity contribution is 6.36. The third kappa shape index (κ3) is 2.10. The van der Waals surface area contributed by atoms with E-state index in [2.05, 4.69) is 4.98 Å². The first-order chi connectivity index (χ1) is 8.36. The number of ether oxygens (including phenoxy) is 1. The number of nitrogens with zero attached hydrogens (tertiary/aromatic N) is 1. The lowest BCUT2D eigenvalue weighted by molar-refractivity contribution is -0.681. The fourth-order valence-corrected chi connectivity index (χ4v) is 2.78. The van der Waals surface area contributed by atoms with Crippen LogP contribution in [0.5, 0.6) is 0 Å². The molecule has 96 valence electrons. The van der Waals surface area contributed by atoms with Crippen molar-refractivity contribution >= 4 is 40.8 Å². The van der Waals surface area contributed by atoms with Crippen molar-refractivity contribution in [1.29, 1.82) is 0 Å². The van der Waals surface area contributed by atoms with Crippen LogP contribution in [0.2, 0.25) is 10.0 Å². The molecule has 0 amide bonds. The highest BCUT2D eigenvalue weighted by Crippen LogP contribution is 2.34. The number of aromatic nitrogens is 1. The number of rotatable bonds is 1. The average molecular weight is 309 g/mol. The minimum Gasteiger partial charge on any atom is -0.403 e. The Balaban J connectivity index is 2.59. The van der Waals surface area contributed by atoms with Crippen LogP contribution in [0.4, 0.5) is 0 Å². The Bertz CT molecular complexity index is 539. The molecule has 18 heavy (non-hydrogen) atoms. The molecule has 1 aliphatic heterocycles. The minimum absolute atomic E-state index is 0.0683. The SMILES string of the molecule is CC1=C(Cl)OC(=O)[C@@](C)(c2c(Cl)cncc2Cl)[NH2+]1. The van der Waals surface area contributed by atoms with E-state index in [4.69, 9.17) is 39.5 Å². The lowest BCUT2D eigenvalue weighted by Crippen LogP contribution is -2.95. The fourth-order valence-electron chi connectivity index (χ4n) is 1.90. The lowest BCUT2D eigenvalue weighted by Gasteiger charge is -2.30. The van der Waals surface area contributed by atoms with Gasteiger partial charge in [-0.25, -0.2) is 4.79 Å². The Labute approximate surface area is 119 Å². The monoisotopic (exact) mass is 307 g/mol. The summed E-state index contributed by atoms with van der Waals surface area (Å²) >= 11 is 17.9. The van der Waals surface area contributed by atoms with Crippen molar-refractivity contribution in [1.82, 2.24) is 4.98 Å². The van der Waals surface area contributed by atoms with Crippen molar-refractivity contribution in [3.05, 3.63) is 38.9 Å². The van der Waals surface area contributed by atoms with Crippen LogP contribution in [-0.4, -0.2) is 11.0 Å². The molecular weight excluding hydrogens is 298 g/mol. The Morgan fingerprint density at radius 2 is 1.83 bits per heavy atom. The zero-order valence-electron chi connectivity index (χ0n) is 9.63. The maximum Gasteiger partial charge on any atom is 0.379 e. The summed E-state index contributed by atoms with van der Waals surface area (Å²) in [7, 11) is 0. The molecule has 7 heteroatoms. The second kappa shape index (κ2) is 4.70. The molecule has 2 heterocycles. The second-order valence-corrected chi connectivity index (χ2v) is 5.33. The second-order valence-electron chi connectivity index (χ2n) is 4.17. The summed E-state index contributed by atoms with van der Waals surface area (Å²) in [6.45, 7) is 3.42. The van der Waals surface area contributed by atoms with Crippen molar-refractivity contribution in [3.63, 3.8) is 0 Å². The van der Waals surface area contributed by atoms with Crippen molar-refractivity contribution in [2.24, 2.45) is 0 Å². The lowest BCUT2D eigenvalue weighted by atomic mass is 9.91. The largest absolute Gasteiger partial charge is 0.403 e. The molecule has 0 bridgehead atoms. The summed E-state index contributed by atoms with van der Waals surface area (Å²) in [6.07, 6.45) is 2.87. The molecule has 0 saturated carbocycles. The number of halogens is 3. The van der Waals surface area contributed by atoms with Gasteiger partial charge in [-0.15, -0.1) is 0 Å². The first kappa shape index (κ1) is 13.6. The number of quaternary nitrogens is 1. The summed E-state index contributed by atoms with van der Waals surface area (Å²) in [6, 6.07) is 0. The maximum atomic E-state index is 12.1. The van der Waals surface area contributed by atoms with Crippen LogP contribution >= 0.6 is 34.8 Å². The average Bonchev–Trinajstić information content (AvgIpc) is 2.26. The molecule has 2 N–H and O–H groups in total. The van der Waals surface area contributed by atoms with Gasteiger partial charge in [-0.05, 0) is 11.6 Å². The van der Waals surface area contributed by atoms with E-state index in [9.17, 15) is 4.79 Å². The number of nitrogens with two attached hydrogens (primary N) is 1. The number of allylic oxidation sites excluding steroid dienone is 1. The van der Waals surface area contributed by atoms with E-state index in [1.807, 2.05) is 0 Å². The zero-order valence-corrected chi connectivity index (χ0v) is 11.9. The van der Waals surface area contributed by atoms with Crippen molar-refractivity contribution < 1.29 is 14.8 Å². The number of carbonyl (C=O) groups excluding carboxylic acids is 1. The van der Waals surface area contributed by atoms with Gasteiger partial charge in [-0.2, -0.15) is 0 Å². The standard InChI is InChI=1S/C11H9Cl3N2O2/c1-5-9(14)18-10(17)11(2,16-5)8-6(12)3-15-4-7(8)13/h3-4,16H,1-2H3/p+1/t11-/m1/s1. The van der Waals surface area contributed by atoms with Gasteiger partial charge in [0.25, 0.3) is 5.22 Å². The molecule has 2 rings (SSSR count). The molecule has 0 saturated heterocycles. The number of pyridine rings is 1. The predicted octanol–water partition coefficient (Wildman–Crippen LogP) is 2.15. The molecule has 4 nitrogen and oxygen atoms in total. The highest BCUT2D eigenvalue weighted by Gasteiger charge is 2.48. The van der Waals surface area contributed by atoms with Crippen molar-refractivity contribution in [2.45, 2.75) is 19.4 Å². The molecule has 1 atom stereocenters. The van der Waals surface area contributed by atoms with Crippen LogP contribution in [0.15, 0.2) is 23.3 Å². The van der Waals surface area contributed by atoms with E-state index >= 15 is 0 Å². The zero-order chi connectivity index (χ0) is 13.5. The highest BCUT2D eigenvalue weighted by atomic mass is 35.5. The molecule has 0 spiro atoms. The van der Waals surface area contributed by atoms with E-state index in [-0.39, 0.29) is 5.22 Å². The minimum atomic E-state index is -1.07. The van der Waals surface area contributed by atoms with Gasteiger partial charge in [0.15, 0.2) is 5.70 Å². The molecule has 0 fully saturated rings. The summed E-state index contributed by atoms with van der Waals surface area (Å²) in [5, 5.41) is 2.38. The number of hydrogen-bond acceptors (Lipinski definition) is 3. The van der Waals surface area contributed by atoms with Gasteiger partial charge in [-0.3, -0.25) is 10.3 Å². The number of carbonyl (C=O) groups is 1. The molecule has 0 radical (unpaired) electrons. The van der Waals surface area contributed by atoms with Gasteiger partial charge >= 0.3 is 5.97 Å². The molecule has 0 unspecified atom stereocenters. The topological polar surface area (TPSA) is 55.8 Å². The van der Waals surface area contributed by atoms with Crippen molar-refractivity contribution in [3.8, 4) is 0 Å². The van der Waals surface area contributed by atoms with Crippen LogP contribution in [0.3, 0.4) is 0 Å². The van der Waals surface area contributed by atoms with E-state index < -0.39 is 11.5 Å². The Kier molecular flexibility index (Phi) is 3.56. The van der Waals surface area contributed by atoms with Crippen LogP contribution in [0.25, 0.3) is 0 Å². The first-order valence-corrected chi connectivity index (χ1v) is 6.23. The van der Waals surface area contributed by atoms with Gasteiger partial charge in [0.1, 0.15) is 0 Å². The Hall–Kier alpha value is -0.810. The van der Waals surface area contributed by atoms with E-state index in [1.165, 1.54) is 12.4 Å². The first-order valence-electron chi connectivity index (χ1n) is 5.10. The molecule has 0 aliphatic carbocycles. The number of hydrogen-bond donors (Lipinski definition) is 1. The summed E-state index contributed by atoms with van der Waals surface area (Å²) < 4.78 is 5.02. The Morgan fingerprint density at radius 1 is 1.28 bits per heavy atom. The van der Waals surface area contributed by atoms with Gasteiger partial charge in [-0.1, -0.05) is 23.2 Å². The fraction of sp³-hybridized carbons (Fsp3) is 0.273. The molecule has 1 aliphatic rings. The van der Waals surface area contributed by atoms with E-state index in [0.717, 1.165) is 0 Å². The van der Waals surface area contributed by atoms with E-state index in [1.54, 1.807) is 19.2 Å². The third-order valence-electron chi connectivity index (χ3n) is 2.79. The summed E-state index contributed by atoms with van der Waals surface area (Å²) in [5.41, 5.74) is 0.0524. The Morgan fingerprint density at radius 3 is 2.39 bits per heavy atom. The summed E-state index contributed by atoms with van der Waals surface area (Å²) in [4.78, 5) is 15.9. The van der Waals surface area contributed by atoms with Crippen LogP contribution in [-0.2, 0) is 15.1 Å². The van der Waals surface area contributed by atoms with Crippen LogP contribution in [0, 0.1) is 0 Å². The van der Waals surface area contributed by atoms with Gasteiger partial charge < -0.3 is 4.74 Å². The molecule has 0 aromatic carbocycles. The van der Waals surface area contributed by atoms with Crippen LogP contribution in [0.1, 0.15) is 19.4 Å². The number of esters is 1.